The smallest absolute Gasteiger partial charge is 0.234 e. The van der Waals surface area contributed by atoms with Gasteiger partial charge >= 0.3 is 0 Å². The first kappa shape index (κ1) is 13.1. The summed E-state index contributed by atoms with van der Waals surface area (Å²) in [6.07, 6.45) is 2.63. The number of amides is 1. The van der Waals surface area contributed by atoms with E-state index in [0.29, 0.717) is 19.1 Å². The van der Waals surface area contributed by atoms with Gasteiger partial charge in [-0.2, -0.15) is 0 Å². The minimum absolute atomic E-state index is 0.105. The third-order valence-electron chi connectivity index (χ3n) is 3.72. The zero-order chi connectivity index (χ0) is 13.0. The van der Waals surface area contributed by atoms with Crippen molar-refractivity contribution in [3.05, 3.63) is 35.9 Å². The van der Waals surface area contributed by atoms with Gasteiger partial charge in [-0.3, -0.25) is 9.69 Å². The molecule has 18 heavy (non-hydrogen) atoms. The Kier molecular flexibility index (Phi) is 4.37. The van der Waals surface area contributed by atoms with E-state index in [9.17, 15) is 4.79 Å². The van der Waals surface area contributed by atoms with Crippen molar-refractivity contribution in [3.8, 4) is 0 Å². The topological polar surface area (TPSA) is 32.3 Å². The maximum absolute atomic E-state index is 11.8. The monoisotopic (exact) mass is 246 g/mol. The van der Waals surface area contributed by atoms with E-state index in [4.69, 9.17) is 0 Å². The highest BCUT2D eigenvalue weighted by molar-refractivity contribution is 5.78. The van der Waals surface area contributed by atoms with Gasteiger partial charge < -0.3 is 5.32 Å². The Bertz CT molecular complexity index is 387. The van der Waals surface area contributed by atoms with Gasteiger partial charge in [-0.1, -0.05) is 30.3 Å². The second-order valence-corrected chi connectivity index (χ2v) is 5.26. The fourth-order valence-corrected chi connectivity index (χ4v) is 2.16. The van der Waals surface area contributed by atoms with Crippen LogP contribution in [0.4, 0.5) is 0 Å². The summed E-state index contributed by atoms with van der Waals surface area (Å²) in [5.74, 6) is 0.908. The van der Waals surface area contributed by atoms with Crippen LogP contribution in [0.1, 0.15) is 25.3 Å². The SMILES string of the molecule is CC(C1CC1)N(C)CC(=O)NCc1ccccc1. The van der Waals surface area contributed by atoms with Gasteiger partial charge in [-0.05, 0) is 38.3 Å². The average molecular weight is 246 g/mol. The van der Waals surface area contributed by atoms with Gasteiger partial charge in [-0.15, -0.1) is 0 Å². The third-order valence-corrected chi connectivity index (χ3v) is 3.72. The van der Waals surface area contributed by atoms with Crippen LogP contribution in [-0.4, -0.2) is 30.4 Å². The van der Waals surface area contributed by atoms with Gasteiger partial charge in [-0.25, -0.2) is 0 Å². The number of nitrogens with zero attached hydrogens (tertiary/aromatic N) is 1. The molecular weight excluding hydrogens is 224 g/mol. The van der Waals surface area contributed by atoms with Crippen LogP contribution < -0.4 is 5.32 Å². The van der Waals surface area contributed by atoms with Gasteiger partial charge in [0.25, 0.3) is 0 Å². The van der Waals surface area contributed by atoms with Crippen molar-refractivity contribution < 1.29 is 4.79 Å². The van der Waals surface area contributed by atoms with Crippen LogP contribution in [0.3, 0.4) is 0 Å². The molecule has 1 aliphatic carbocycles. The van der Waals surface area contributed by atoms with Gasteiger partial charge in [0.1, 0.15) is 0 Å². The van der Waals surface area contributed by atoms with Crippen LogP contribution in [-0.2, 0) is 11.3 Å². The van der Waals surface area contributed by atoms with Crippen LogP contribution in [0.25, 0.3) is 0 Å². The quantitative estimate of drug-likeness (QED) is 0.833. The summed E-state index contributed by atoms with van der Waals surface area (Å²) in [5.41, 5.74) is 1.14. The molecule has 1 aromatic carbocycles. The largest absolute Gasteiger partial charge is 0.351 e. The number of likely N-dealkylation sites (N-methyl/N-ethyl adjacent to an activating group) is 1. The van der Waals surface area contributed by atoms with E-state index in [2.05, 4.69) is 17.1 Å². The number of rotatable bonds is 6. The van der Waals surface area contributed by atoms with E-state index in [1.165, 1.54) is 12.8 Å². The highest BCUT2D eigenvalue weighted by atomic mass is 16.2. The molecule has 1 aliphatic rings. The van der Waals surface area contributed by atoms with E-state index in [1.807, 2.05) is 37.4 Å². The lowest BCUT2D eigenvalue weighted by Gasteiger charge is -2.23. The summed E-state index contributed by atoms with van der Waals surface area (Å²) in [5, 5.41) is 2.96. The lowest BCUT2D eigenvalue weighted by molar-refractivity contribution is -0.122. The lowest BCUT2D eigenvalue weighted by atomic mass is 10.2. The molecule has 1 atom stereocenters. The van der Waals surface area contributed by atoms with Crippen molar-refractivity contribution >= 4 is 5.91 Å². The zero-order valence-electron chi connectivity index (χ0n) is 11.2. The number of hydrogen-bond donors (Lipinski definition) is 1. The second kappa shape index (κ2) is 6.01. The van der Waals surface area contributed by atoms with Crippen molar-refractivity contribution in [2.24, 2.45) is 5.92 Å². The number of benzene rings is 1. The normalized spacial score (nSPS) is 16.6. The molecule has 0 spiro atoms. The van der Waals surface area contributed by atoms with Crippen LogP contribution in [0, 0.1) is 5.92 Å². The van der Waals surface area contributed by atoms with Crippen molar-refractivity contribution in [2.45, 2.75) is 32.4 Å². The maximum Gasteiger partial charge on any atom is 0.234 e. The van der Waals surface area contributed by atoms with Crippen molar-refractivity contribution in [3.63, 3.8) is 0 Å². The summed E-state index contributed by atoms with van der Waals surface area (Å²) >= 11 is 0. The molecule has 0 heterocycles. The minimum Gasteiger partial charge on any atom is -0.351 e. The Morgan fingerprint density at radius 3 is 2.67 bits per heavy atom. The Morgan fingerprint density at radius 2 is 2.06 bits per heavy atom. The van der Waals surface area contributed by atoms with Crippen molar-refractivity contribution in [1.82, 2.24) is 10.2 Å². The second-order valence-electron chi connectivity index (χ2n) is 5.26. The van der Waals surface area contributed by atoms with Gasteiger partial charge in [0.15, 0.2) is 0 Å². The number of carbonyl (C=O) groups excluding carboxylic acids is 1. The molecule has 0 saturated heterocycles. The molecule has 3 heteroatoms. The first-order valence-corrected chi connectivity index (χ1v) is 6.67. The fourth-order valence-electron chi connectivity index (χ4n) is 2.16. The molecular formula is C15H22N2O. The Balaban J connectivity index is 1.71. The van der Waals surface area contributed by atoms with Gasteiger partial charge in [0.05, 0.1) is 6.54 Å². The highest BCUT2D eigenvalue weighted by Gasteiger charge is 2.30. The Morgan fingerprint density at radius 1 is 1.39 bits per heavy atom. The molecule has 0 aromatic heterocycles. The zero-order valence-corrected chi connectivity index (χ0v) is 11.2. The summed E-state index contributed by atoms with van der Waals surface area (Å²) < 4.78 is 0. The van der Waals surface area contributed by atoms with Crippen LogP contribution in [0.15, 0.2) is 30.3 Å². The van der Waals surface area contributed by atoms with E-state index >= 15 is 0 Å². The van der Waals surface area contributed by atoms with E-state index in [0.717, 1.165) is 11.5 Å². The van der Waals surface area contributed by atoms with Crippen molar-refractivity contribution in [1.29, 1.82) is 0 Å². The molecule has 1 N–H and O–H groups in total. The van der Waals surface area contributed by atoms with Gasteiger partial charge in [0.2, 0.25) is 5.91 Å². The Hall–Kier alpha value is -1.35. The Labute approximate surface area is 109 Å². The summed E-state index contributed by atoms with van der Waals surface area (Å²) in [4.78, 5) is 14.0. The average Bonchev–Trinajstić information content (AvgIpc) is 3.21. The molecule has 98 valence electrons. The first-order valence-electron chi connectivity index (χ1n) is 6.67. The number of nitrogens with one attached hydrogen (secondary N) is 1. The first-order chi connectivity index (χ1) is 8.66. The van der Waals surface area contributed by atoms with Crippen LogP contribution >= 0.6 is 0 Å². The van der Waals surface area contributed by atoms with E-state index < -0.39 is 0 Å². The predicted octanol–water partition coefficient (Wildman–Crippen LogP) is 2.03. The summed E-state index contributed by atoms with van der Waals surface area (Å²) in [6, 6.07) is 10.5. The molecule has 1 saturated carbocycles. The van der Waals surface area contributed by atoms with Crippen LogP contribution in [0.5, 0.6) is 0 Å². The lowest BCUT2D eigenvalue weighted by Crippen LogP contribution is -2.40. The number of hydrogen-bond acceptors (Lipinski definition) is 2. The predicted molar refractivity (Wildman–Crippen MR) is 73.1 cm³/mol. The molecule has 1 fully saturated rings. The highest BCUT2D eigenvalue weighted by Crippen LogP contribution is 2.34. The standard InChI is InChI=1S/C15H22N2O/c1-12(14-8-9-14)17(2)11-15(18)16-10-13-6-4-3-5-7-13/h3-7,12,14H,8-11H2,1-2H3,(H,16,18). The molecule has 3 nitrogen and oxygen atoms in total. The molecule has 0 radical (unpaired) electrons. The van der Waals surface area contributed by atoms with E-state index in [-0.39, 0.29) is 5.91 Å². The maximum atomic E-state index is 11.8. The van der Waals surface area contributed by atoms with Crippen LogP contribution in [0.2, 0.25) is 0 Å². The van der Waals surface area contributed by atoms with Crippen molar-refractivity contribution in [2.75, 3.05) is 13.6 Å². The number of carbonyl (C=O) groups is 1. The molecule has 1 unspecified atom stereocenters. The summed E-state index contributed by atoms with van der Waals surface area (Å²) in [6.45, 7) is 3.32. The molecule has 0 aliphatic heterocycles. The fraction of sp³-hybridized carbons (Fsp3) is 0.533. The molecule has 0 bridgehead atoms. The van der Waals surface area contributed by atoms with Gasteiger partial charge in [0, 0.05) is 12.6 Å². The molecule has 2 rings (SSSR count). The minimum atomic E-state index is 0.105. The molecule has 1 amide bonds. The third kappa shape index (κ3) is 3.84. The van der Waals surface area contributed by atoms with E-state index in [1.54, 1.807) is 0 Å². The molecule has 1 aromatic rings. The summed E-state index contributed by atoms with van der Waals surface area (Å²) in [7, 11) is 2.03.